The van der Waals surface area contributed by atoms with E-state index in [4.69, 9.17) is 4.52 Å². The SMILES string of the molecule is O=C(c1ccc(F)cc1)N1C[C@@H](CO)[C@H](c2nc(C3CC3)no2)C1. The Balaban J connectivity index is 1.52. The van der Waals surface area contributed by atoms with Gasteiger partial charge in [0.05, 0.1) is 5.92 Å². The normalized spacial score (nSPS) is 23.7. The molecule has 1 aromatic heterocycles. The molecule has 0 radical (unpaired) electrons. The van der Waals surface area contributed by atoms with Crippen LogP contribution in [0.3, 0.4) is 0 Å². The van der Waals surface area contributed by atoms with Gasteiger partial charge in [-0.15, -0.1) is 0 Å². The summed E-state index contributed by atoms with van der Waals surface area (Å²) in [6.07, 6.45) is 2.17. The lowest BCUT2D eigenvalue weighted by Gasteiger charge is -2.15. The zero-order valence-electron chi connectivity index (χ0n) is 13.1. The molecule has 2 heterocycles. The topological polar surface area (TPSA) is 79.5 Å². The number of aliphatic hydroxyl groups excluding tert-OH is 1. The Morgan fingerprint density at radius 3 is 2.71 bits per heavy atom. The predicted molar refractivity (Wildman–Crippen MR) is 81.9 cm³/mol. The fourth-order valence-corrected chi connectivity index (χ4v) is 3.18. The fraction of sp³-hybridized carbons (Fsp3) is 0.471. The van der Waals surface area contributed by atoms with Gasteiger partial charge in [-0.25, -0.2) is 4.39 Å². The first-order chi connectivity index (χ1) is 11.7. The third kappa shape index (κ3) is 2.80. The molecule has 1 N–H and O–H groups in total. The molecule has 2 fully saturated rings. The highest BCUT2D eigenvalue weighted by molar-refractivity contribution is 5.94. The van der Waals surface area contributed by atoms with Crippen molar-refractivity contribution in [2.24, 2.45) is 5.92 Å². The highest BCUT2D eigenvalue weighted by Crippen LogP contribution is 2.40. The zero-order chi connectivity index (χ0) is 16.7. The van der Waals surface area contributed by atoms with Gasteiger partial charge in [0, 0.05) is 37.1 Å². The molecule has 0 unspecified atom stereocenters. The number of nitrogens with zero attached hydrogens (tertiary/aromatic N) is 3. The summed E-state index contributed by atoms with van der Waals surface area (Å²) in [5.41, 5.74) is 0.429. The van der Waals surface area contributed by atoms with Crippen molar-refractivity contribution in [3.05, 3.63) is 47.4 Å². The highest BCUT2D eigenvalue weighted by Gasteiger charge is 2.40. The summed E-state index contributed by atoms with van der Waals surface area (Å²) < 4.78 is 18.4. The van der Waals surface area contributed by atoms with Gasteiger partial charge < -0.3 is 14.5 Å². The second-order valence-corrected chi connectivity index (χ2v) is 6.53. The molecular weight excluding hydrogens is 313 g/mol. The number of hydrogen-bond acceptors (Lipinski definition) is 5. The maximum Gasteiger partial charge on any atom is 0.253 e. The summed E-state index contributed by atoms with van der Waals surface area (Å²) in [5, 5.41) is 13.7. The molecule has 6 nitrogen and oxygen atoms in total. The maximum absolute atomic E-state index is 13.0. The van der Waals surface area contributed by atoms with E-state index in [0.29, 0.717) is 30.5 Å². The first kappa shape index (κ1) is 15.3. The van der Waals surface area contributed by atoms with E-state index in [2.05, 4.69) is 10.1 Å². The van der Waals surface area contributed by atoms with E-state index >= 15 is 0 Å². The van der Waals surface area contributed by atoms with Crippen molar-refractivity contribution in [3.63, 3.8) is 0 Å². The molecule has 1 aliphatic heterocycles. The number of aromatic nitrogens is 2. The monoisotopic (exact) mass is 331 g/mol. The number of amides is 1. The fourth-order valence-electron chi connectivity index (χ4n) is 3.18. The molecule has 4 rings (SSSR count). The van der Waals surface area contributed by atoms with Crippen LogP contribution in [0.1, 0.15) is 46.8 Å². The van der Waals surface area contributed by atoms with Crippen molar-refractivity contribution in [2.45, 2.75) is 24.7 Å². The number of carbonyl (C=O) groups is 1. The summed E-state index contributed by atoms with van der Waals surface area (Å²) in [6.45, 7) is 0.769. The number of rotatable bonds is 4. The molecule has 0 spiro atoms. The van der Waals surface area contributed by atoms with Crippen molar-refractivity contribution < 1.29 is 18.8 Å². The van der Waals surface area contributed by atoms with E-state index in [9.17, 15) is 14.3 Å². The van der Waals surface area contributed by atoms with Gasteiger partial charge >= 0.3 is 0 Å². The number of carbonyl (C=O) groups excluding carboxylic acids is 1. The van der Waals surface area contributed by atoms with Crippen LogP contribution in [-0.2, 0) is 0 Å². The zero-order valence-corrected chi connectivity index (χ0v) is 13.1. The Labute approximate surface area is 138 Å². The van der Waals surface area contributed by atoms with Crippen LogP contribution in [0.4, 0.5) is 4.39 Å². The van der Waals surface area contributed by atoms with Crippen LogP contribution in [0.5, 0.6) is 0 Å². The third-order valence-electron chi connectivity index (χ3n) is 4.77. The minimum atomic E-state index is -0.377. The van der Waals surface area contributed by atoms with Crippen molar-refractivity contribution >= 4 is 5.91 Å². The van der Waals surface area contributed by atoms with Gasteiger partial charge in [0.25, 0.3) is 5.91 Å². The van der Waals surface area contributed by atoms with E-state index in [-0.39, 0.29) is 30.2 Å². The molecule has 1 aromatic carbocycles. The highest BCUT2D eigenvalue weighted by atomic mass is 19.1. The average Bonchev–Trinajstić information content (AvgIpc) is 3.18. The van der Waals surface area contributed by atoms with Gasteiger partial charge in [0.15, 0.2) is 5.82 Å². The molecule has 1 aliphatic carbocycles. The molecular formula is C17H18FN3O3. The molecule has 0 bridgehead atoms. The largest absolute Gasteiger partial charge is 0.396 e. The molecule has 1 saturated carbocycles. The summed E-state index contributed by atoms with van der Waals surface area (Å²) >= 11 is 0. The quantitative estimate of drug-likeness (QED) is 0.926. The van der Waals surface area contributed by atoms with Gasteiger partial charge in [-0.2, -0.15) is 4.98 Å². The van der Waals surface area contributed by atoms with Gasteiger partial charge in [0.1, 0.15) is 5.82 Å². The standard InChI is InChI=1S/C17H18FN3O3/c18-13-5-3-11(4-6-13)17(23)21-7-12(9-22)14(8-21)16-19-15(20-24-16)10-1-2-10/h3-6,10,12,14,22H,1-2,7-9H2/t12-,14+/m0/s1. The minimum Gasteiger partial charge on any atom is -0.396 e. The summed E-state index contributed by atoms with van der Waals surface area (Å²) in [5.74, 6) is 0.750. The summed E-state index contributed by atoms with van der Waals surface area (Å²) in [6, 6.07) is 5.47. The first-order valence-corrected chi connectivity index (χ1v) is 8.15. The third-order valence-corrected chi connectivity index (χ3v) is 4.77. The molecule has 1 saturated heterocycles. The Hall–Kier alpha value is -2.28. The van der Waals surface area contributed by atoms with Crippen molar-refractivity contribution in [1.82, 2.24) is 15.0 Å². The number of likely N-dealkylation sites (tertiary alicyclic amines) is 1. The Bertz CT molecular complexity index is 742. The second kappa shape index (κ2) is 5.98. The van der Waals surface area contributed by atoms with E-state index < -0.39 is 0 Å². The van der Waals surface area contributed by atoms with E-state index in [0.717, 1.165) is 18.7 Å². The molecule has 1 amide bonds. The van der Waals surface area contributed by atoms with Crippen LogP contribution in [0.2, 0.25) is 0 Å². The van der Waals surface area contributed by atoms with E-state index in [1.807, 2.05) is 0 Å². The lowest BCUT2D eigenvalue weighted by Crippen LogP contribution is -2.29. The second-order valence-electron chi connectivity index (χ2n) is 6.53. The Morgan fingerprint density at radius 1 is 1.29 bits per heavy atom. The number of halogens is 1. The Morgan fingerprint density at radius 2 is 2.04 bits per heavy atom. The molecule has 7 heteroatoms. The molecule has 2 atom stereocenters. The molecule has 2 aliphatic rings. The molecule has 2 aromatic rings. The molecule has 126 valence electrons. The minimum absolute atomic E-state index is 0.0565. The maximum atomic E-state index is 13.0. The van der Waals surface area contributed by atoms with Crippen LogP contribution < -0.4 is 0 Å². The molecule has 24 heavy (non-hydrogen) atoms. The summed E-state index contributed by atoms with van der Waals surface area (Å²) in [4.78, 5) is 18.7. The van der Waals surface area contributed by atoms with Gasteiger partial charge in [0.2, 0.25) is 5.89 Å². The number of aliphatic hydroxyl groups is 1. The van der Waals surface area contributed by atoms with Crippen LogP contribution in [0.25, 0.3) is 0 Å². The van der Waals surface area contributed by atoms with Crippen molar-refractivity contribution in [1.29, 1.82) is 0 Å². The number of hydrogen-bond donors (Lipinski definition) is 1. The Kier molecular flexibility index (Phi) is 3.80. The lowest BCUT2D eigenvalue weighted by molar-refractivity contribution is 0.0781. The van der Waals surface area contributed by atoms with Gasteiger partial charge in [-0.05, 0) is 37.1 Å². The lowest BCUT2D eigenvalue weighted by atomic mass is 9.97. The van der Waals surface area contributed by atoms with Crippen LogP contribution in [-0.4, -0.2) is 45.8 Å². The summed E-state index contributed by atoms with van der Waals surface area (Å²) in [7, 11) is 0. The number of benzene rings is 1. The van der Waals surface area contributed by atoms with Crippen molar-refractivity contribution in [2.75, 3.05) is 19.7 Å². The van der Waals surface area contributed by atoms with Crippen LogP contribution >= 0.6 is 0 Å². The van der Waals surface area contributed by atoms with Crippen LogP contribution in [0.15, 0.2) is 28.8 Å². The van der Waals surface area contributed by atoms with E-state index in [1.54, 1.807) is 4.90 Å². The van der Waals surface area contributed by atoms with Crippen molar-refractivity contribution in [3.8, 4) is 0 Å². The smallest absolute Gasteiger partial charge is 0.253 e. The van der Waals surface area contributed by atoms with Gasteiger partial charge in [-0.1, -0.05) is 5.16 Å². The van der Waals surface area contributed by atoms with E-state index in [1.165, 1.54) is 24.3 Å². The van der Waals surface area contributed by atoms with Crippen LogP contribution in [0, 0.1) is 11.7 Å². The predicted octanol–water partition coefficient (Wildman–Crippen LogP) is 1.93. The van der Waals surface area contributed by atoms with Gasteiger partial charge in [-0.3, -0.25) is 4.79 Å². The average molecular weight is 331 g/mol. The first-order valence-electron chi connectivity index (χ1n) is 8.15.